The summed E-state index contributed by atoms with van der Waals surface area (Å²) >= 11 is 0. The molecule has 2 aromatic carbocycles. The van der Waals surface area contributed by atoms with Crippen molar-refractivity contribution in [3.8, 4) is 0 Å². The number of sulfonamides is 1. The minimum atomic E-state index is -3.46. The van der Waals surface area contributed by atoms with Crippen molar-refractivity contribution < 1.29 is 8.42 Å². The summed E-state index contributed by atoms with van der Waals surface area (Å²) in [5.41, 5.74) is 3.44. The van der Waals surface area contributed by atoms with Gasteiger partial charge in [0, 0.05) is 30.7 Å². The van der Waals surface area contributed by atoms with Crippen LogP contribution in [0.15, 0.2) is 59.6 Å². The molecule has 5 heteroatoms. The number of hydrogen-bond donors (Lipinski definition) is 1. The minimum absolute atomic E-state index is 0.317. The summed E-state index contributed by atoms with van der Waals surface area (Å²) in [7, 11) is -1.45. The van der Waals surface area contributed by atoms with Crippen LogP contribution in [0.2, 0.25) is 0 Å². The molecule has 0 unspecified atom stereocenters. The van der Waals surface area contributed by atoms with Gasteiger partial charge in [-0.2, -0.15) is 0 Å². The molecule has 0 radical (unpaired) electrons. The summed E-state index contributed by atoms with van der Waals surface area (Å²) in [4.78, 5) is 0.317. The molecule has 3 rings (SSSR count). The van der Waals surface area contributed by atoms with E-state index in [0.29, 0.717) is 17.9 Å². The number of nitrogens with zero attached hydrogens (tertiary/aromatic N) is 1. The smallest absolute Gasteiger partial charge is 0.240 e. The van der Waals surface area contributed by atoms with Crippen molar-refractivity contribution in [2.75, 3.05) is 6.54 Å². The summed E-state index contributed by atoms with van der Waals surface area (Å²) < 4.78 is 29.5. The van der Waals surface area contributed by atoms with Crippen LogP contribution in [0.5, 0.6) is 0 Å². The van der Waals surface area contributed by atoms with Gasteiger partial charge in [0.1, 0.15) is 0 Å². The van der Waals surface area contributed by atoms with Crippen LogP contribution in [0.25, 0.3) is 10.9 Å². The molecule has 126 valence electrons. The van der Waals surface area contributed by atoms with Gasteiger partial charge in [0.05, 0.1) is 4.90 Å². The van der Waals surface area contributed by atoms with Crippen LogP contribution in [0.1, 0.15) is 18.1 Å². The number of aromatic nitrogens is 1. The lowest BCUT2D eigenvalue weighted by molar-refractivity contribution is 0.581. The summed E-state index contributed by atoms with van der Waals surface area (Å²) in [5, 5.41) is 1.17. The zero-order chi connectivity index (χ0) is 17.2. The first-order valence-corrected chi connectivity index (χ1v) is 9.61. The number of aryl methyl sites for hydroxylation is 2. The van der Waals surface area contributed by atoms with Crippen LogP contribution in [0.3, 0.4) is 0 Å². The highest BCUT2D eigenvalue weighted by Gasteiger charge is 2.14. The van der Waals surface area contributed by atoms with E-state index in [0.717, 1.165) is 23.1 Å². The maximum atomic E-state index is 12.4. The van der Waals surface area contributed by atoms with Gasteiger partial charge >= 0.3 is 0 Å². The highest BCUT2D eigenvalue weighted by Crippen LogP contribution is 2.20. The lowest BCUT2D eigenvalue weighted by Gasteiger charge is -2.07. The Kier molecular flexibility index (Phi) is 4.73. The lowest BCUT2D eigenvalue weighted by Crippen LogP contribution is -2.26. The molecule has 0 aliphatic heterocycles. The lowest BCUT2D eigenvalue weighted by atomic mass is 10.1. The van der Waals surface area contributed by atoms with Crippen molar-refractivity contribution >= 4 is 20.9 Å². The number of nitrogens with one attached hydrogen (secondary N) is 1. The molecule has 1 heterocycles. The number of rotatable bonds is 6. The third kappa shape index (κ3) is 3.37. The fourth-order valence-corrected chi connectivity index (χ4v) is 3.96. The van der Waals surface area contributed by atoms with E-state index in [9.17, 15) is 8.42 Å². The third-order valence-corrected chi connectivity index (χ3v) is 5.78. The van der Waals surface area contributed by atoms with E-state index in [2.05, 4.69) is 27.6 Å². The average Bonchev–Trinajstić information content (AvgIpc) is 2.91. The predicted octanol–water partition coefficient (Wildman–Crippen LogP) is 3.26. The average molecular weight is 342 g/mol. The zero-order valence-electron chi connectivity index (χ0n) is 14.0. The van der Waals surface area contributed by atoms with Crippen LogP contribution in [0.4, 0.5) is 0 Å². The van der Waals surface area contributed by atoms with Crippen molar-refractivity contribution in [3.05, 3.63) is 65.9 Å². The van der Waals surface area contributed by atoms with Gasteiger partial charge in [0.25, 0.3) is 0 Å². The van der Waals surface area contributed by atoms with Crippen LogP contribution >= 0.6 is 0 Å². The van der Waals surface area contributed by atoms with Gasteiger partial charge in [-0.3, -0.25) is 0 Å². The van der Waals surface area contributed by atoms with E-state index in [1.807, 2.05) is 38.2 Å². The van der Waals surface area contributed by atoms with E-state index in [1.165, 1.54) is 5.39 Å². The van der Waals surface area contributed by atoms with Crippen LogP contribution in [-0.4, -0.2) is 19.5 Å². The van der Waals surface area contributed by atoms with Crippen molar-refractivity contribution in [3.63, 3.8) is 0 Å². The van der Waals surface area contributed by atoms with E-state index in [-0.39, 0.29) is 0 Å². The van der Waals surface area contributed by atoms with Crippen molar-refractivity contribution in [2.24, 2.45) is 7.05 Å². The number of para-hydroxylation sites is 1. The quantitative estimate of drug-likeness (QED) is 0.747. The highest BCUT2D eigenvalue weighted by molar-refractivity contribution is 7.89. The Morgan fingerprint density at radius 2 is 1.75 bits per heavy atom. The molecule has 1 aromatic heterocycles. The standard InChI is InChI=1S/C19H22N2O2S/c1-3-15-8-10-17(11-9-15)24(22,23)20-13-12-16-14-21(2)19-7-5-4-6-18(16)19/h4-11,14,20H,3,12-13H2,1-2H3. The Morgan fingerprint density at radius 3 is 2.46 bits per heavy atom. The first-order valence-electron chi connectivity index (χ1n) is 8.13. The number of fused-ring (bicyclic) bond motifs is 1. The van der Waals surface area contributed by atoms with E-state index in [4.69, 9.17) is 0 Å². The van der Waals surface area contributed by atoms with Gasteiger partial charge in [-0.05, 0) is 42.2 Å². The van der Waals surface area contributed by atoms with Crippen molar-refractivity contribution in [1.29, 1.82) is 0 Å². The van der Waals surface area contributed by atoms with Gasteiger partial charge < -0.3 is 4.57 Å². The Bertz CT molecular complexity index is 941. The van der Waals surface area contributed by atoms with E-state index < -0.39 is 10.0 Å². The minimum Gasteiger partial charge on any atom is -0.350 e. The van der Waals surface area contributed by atoms with Gasteiger partial charge in [-0.25, -0.2) is 13.1 Å². The molecule has 0 aliphatic rings. The van der Waals surface area contributed by atoms with Gasteiger partial charge in [-0.15, -0.1) is 0 Å². The fraction of sp³-hybridized carbons (Fsp3) is 0.263. The molecule has 24 heavy (non-hydrogen) atoms. The van der Waals surface area contributed by atoms with E-state index >= 15 is 0 Å². The second kappa shape index (κ2) is 6.79. The SMILES string of the molecule is CCc1ccc(S(=O)(=O)NCCc2cn(C)c3ccccc23)cc1. The monoisotopic (exact) mass is 342 g/mol. The second-order valence-corrected chi connectivity index (χ2v) is 7.69. The summed E-state index contributed by atoms with van der Waals surface area (Å²) in [6, 6.07) is 15.2. The Morgan fingerprint density at radius 1 is 1.04 bits per heavy atom. The zero-order valence-corrected chi connectivity index (χ0v) is 14.8. The first kappa shape index (κ1) is 16.7. The number of hydrogen-bond acceptors (Lipinski definition) is 2. The Labute approximate surface area is 143 Å². The predicted molar refractivity (Wildman–Crippen MR) is 97.6 cm³/mol. The Balaban J connectivity index is 1.70. The molecule has 1 N–H and O–H groups in total. The molecule has 0 amide bonds. The van der Waals surface area contributed by atoms with Crippen LogP contribution in [0, 0.1) is 0 Å². The topological polar surface area (TPSA) is 51.1 Å². The molecule has 4 nitrogen and oxygen atoms in total. The summed E-state index contributed by atoms with van der Waals surface area (Å²) in [6.45, 7) is 2.43. The second-order valence-electron chi connectivity index (χ2n) is 5.93. The molecule has 0 spiro atoms. The Hall–Kier alpha value is -2.11. The highest BCUT2D eigenvalue weighted by atomic mass is 32.2. The van der Waals surface area contributed by atoms with E-state index in [1.54, 1.807) is 12.1 Å². The van der Waals surface area contributed by atoms with Gasteiger partial charge in [0.15, 0.2) is 0 Å². The normalized spacial score (nSPS) is 11.9. The molecule has 0 fully saturated rings. The third-order valence-electron chi connectivity index (χ3n) is 4.31. The van der Waals surface area contributed by atoms with Crippen molar-refractivity contribution in [1.82, 2.24) is 9.29 Å². The molecule has 0 bridgehead atoms. The molecule has 3 aromatic rings. The summed E-state index contributed by atoms with van der Waals surface area (Å²) in [6.07, 6.45) is 3.62. The van der Waals surface area contributed by atoms with Crippen molar-refractivity contribution in [2.45, 2.75) is 24.7 Å². The van der Waals surface area contributed by atoms with Crippen LogP contribution in [-0.2, 0) is 29.9 Å². The summed E-state index contributed by atoms with van der Waals surface area (Å²) in [5.74, 6) is 0. The largest absolute Gasteiger partial charge is 0.350 e. The first-order chi connectivity index (χ1) is 11.5. The molecule has 0 aliphatic carbocycles. The molecule has 0 atom stereocenters. The molecule has 0 saturated heterocycles. The maximum absolute atomic E-state index is 12.4. The van der Waals surface area contributed by atoms with Crippen LogP contribution < -0.4 is 4.72 Å². The van der Waals surface area contributed by atoms with Gasteiger partial charge in [-0.1, -0.05) is 37.3 Å². The fourth-order valence-electron chi connectivity index (χ4n) is 2.93. The molecular formula is C19H22N2O2S. The molecule has 0 saturated carbocycles. The molecular weight excluding hydrogens is 320 g/mol. The maximum Gasteiger partial charge on any atom is 0.240 e. The van der Waals surface area contributed by atoms with Gasteiger partial charge in [0.2, 0.25) is 10.0 Å². The number of benzene rings is 2.